The van der Waals surface area contributed by atoms with E-state index in [0.29, 0.717) is 5.25 Å². The number of nitrogens with zero attached hydrogens (tertiary/aromatic N) is 3. The summed E-state index contributed by atoms with van der Waals surface area (Å²) < 4.78 is 5.41. The van der Waals surface area contributed by atoms with Crippen molar-refractivity contribution in [1.29, 1.82) is 0 Å². The van der Waals surface area contributed by atoms with Crippen molar-refractivity contribution >= 4 is 16.9 Å². The average molecular weight is 325 g/mol. The molecule has 5 heteroatoms. The summed E-state index contributed by atoms with van der Waals surface area (Å²) >= 11 is 1.86. The molecule has 0 radical (unpaired) electrons. The molecule has 0 N–H and O–H groups in total. The molecule has 2 aliphatic heterocycles. The first-order chi connectivity index (χ1) is 11.3. The summed E-state index contributed by atoms with van der Waals surface area (Å²) in [6.07, 6.45) is 1.84. The van der Waals surface area contributed by atoms with Crippen molar-refractivity contribution in [1.82, 2.24) is 9.88 Å². The molecule has 4 nitrogen and oxygen atoms in total. The third-order valence-corrected chi connectivity index (χ3v) is 5.42. The number of hydrogen-bond acceptors (Lipinski definition) is 5. The molecule has 0 saturated carbocycles. The number of pyridine rings is 1. The van der Waals surface area contributed by atoms with Gasteiger partial charge in [0.05, 0.1) is 18.8 Å². The molecule has 2 aliphatic rings. The van der Waals surface area contributed by atoms with Gasteiger partial charge in [0.15, 0.2) is 5.17 Å². The van der Waals surface area contributed by atoms with E-state index < -0.39 is 0 Å². The first kappa shape index (κ1) is 14.6. The van der Waals surface area contributed by atoms with Gasteiger partial charge in [0.2, 0.25) is 0 Å². The molecule has 1 aromatic heterocycles. The van der Waals surface area contributed by atoms with E-state index in [-0.39, 0.29) is 12.1 Å². The predicted molar refractivity (Wildman–Crippen MR) is 93.9 cm³/mol. The number of aromatic nitrogens is 1. The highest BCUT2D eigenvalue weighted by Gasteiger charge is 2.43. The zero-order chi connectivity index (χ0) is 15.8. The highest BCUT2D eigenvalue weighted by Crippen LogP contribution is 2.47. The Morgan fingerprint density at radius 3 is 2.91 bits per heavy atom. The number of fused-ring (bicyclic) bond motifs is 1. The van der Waals surface area contributed by atoms with E-state index >= 15 is 0 Å². The SMILES string of the molecule is COc1cccc(C2C(c3ccccn3)N=C3SC(C)CN32)c1. The summed E-state index contributed by atoms with van der Waals surface area (Å²) in [5.41, 5.74) is 2.25. The first-order valence-corrected chi connectivity index (χ1v) is 8.70. The lowest BCUT2D eigenvalue weighted by molar-refractivity contribution is 0.320. The molecule has 0 amide bonds. The van der Waals surface area contributed by atoms with Gasteiger partial charge in [-0.15, -0.1) is 0 Å². The normalized spacial score (nSPS) is 26.1. The van der Waals surface area contributed by atoms with Crippen molar-refractivity contribution < 1.29 is 4.74 Å². The van der Waals surface area contributed by atoms with E-state index in [1.165, 1.54) is 5.56 Å². The van der Waals surface area contributed by atoms with Gasteiger partial charge in [-0.25, -0.2) is 0 Å². The molecular formula is C18H19N3OS. The van der Waals surface area contributed by atoms with Crippen LogP contribution in [0.1, 0.15) is 30.3 Å². The van der Waals surface area contributed by atoms with Gasteiger partial charge < -0.3 is 9.64 Å². The number of amidine groups is 1. The van der Waals surface area contributed by atoms with Crippen LogP contribution in [-0.4, -0.2) is 34.0 Å². The Hall–Kier alpha value is -2.01. The Bertz CT molecular complexity index is 734. The number of thioether (sulfide) groups is 1. The Morgan fingerprint density at radius 1 is 1.22 bits per heavy atom. The second-order valence-electron chi connectivity index (χ2n) is 5.91. The number of methoxy groups -OCH3 is 1. The average Bonchev–Trinajstić information content (AvgIpc) is 3.11. The maximum Gasteiger partial charge on any atom is 0.160 e. The summed E-state index contributed by atoms with van der Waals surface area (Å²) in [4.78, 5) is 12.0. The maximum absolute atomic E-state index is 5.41. The molecule has 3 unspecified atom stereocenters. The maximum atomic E-state index is 5.41. The summed E-state index contributed by atoms with van der Waals surface area (Å²) in [5, 5.41) is 1.72. The summed E-state index contributed by atoms with van der Waals surface area (Å²) in [5.74, 6) is 0.885. The van der Waals surface area contributed by atoms with Crippen LogP contribution in [0.15, 0.2) is 53.7 Å². The molecule has 1 saturated heterocycles. The van der Waals surface area contributed by atoms with Crippen LogP contribution in [0.25, 0.3) is 0 Å². The molecule has 0 bridgehead atoms. The minimum Gasteiger partial charge on any atom is -0.497 e. The highest BCUT2D eigenvalue weighted by atomic mass is 32.2. The van der Waals surface area contributed by atoms with Crippen molar-refractivity contribution in [2.45, 2.75) is 24.3 Å². The minimum absolute atomic E-state index is 0.0401. The fraction of sp³-hybridized carbons (Fsp3) is 0.333. The lowest BCUT2D eigenvalue weighted by atomic mass is 9.96. The third kappa shape index (κ3) is 2.59. The van der Waals surface area contributed by atoms with Gasteiger partial charge in [-0.1, -0.05) is 36.9 Å². The van der Waals surface area contributed by atoms with Crippen LogP contribution in [-0.2, 0) is 0 Å². The van der Waals surface area contributed by atoms with E-state index in [1.807, 2.05) is 42.2 Å². The number of hydrogen-bond donors (Lipinski definition) is 0. The van der Waals surface area contributed by atoms with Crippen LogP contribution in [0.4, 0.5) is 0 Å². The fourth-order valence-electron chi connectivity index (χ4n) is 3.30. The summed E-state index contributed by atoms with van der Waals surface area (Å²) in [7, 11) is 1.71. The van der Waals surface area contributed by atoms with Crippen LogP contribution in [0.2, 0.25) is 0 Å². The van der Waals surface area contributed by atoms with Crippen molar-refractivity contribution in [3.05, 3.63) is 59.9 Å². The number of ether oxygens (including phenoxy) is 1. The zero-order valence-electron chi connectivity index (χ0n) is 13.2. The van der Waals surface area contributed by atoms with Crippen LogP contribution in [0.5, 0.6) is 5.75 Å². The molecule has 4 rings (SSSR count). The van der Waals surface area contributed by atoms with E-state index in [9.17, 15) is 0 Å². The topological polar surface area (TPSA) is 37.7 Å². The van der Waals surface area contributed by atoms with Gasteiger partial charge in [0.1, 0.15) is 11.8 Å². The van der Waals surface area contributed by atoms with Crippen LogP contribution < -0.4 is 4.74 Å². The Morgan fingerprint density at radius 2 is 2.13 bits per heavy atom. The van der Waals surface area contributed by atoms with Crippen molar-refractivity contribution in [3.63, 3.8) is 0 Å². The largest absolute Gasteiger partial charge is 0.497 e. The second kappa shape index (κ2) is 5.89. The smallest absolute Gasteiger partial charge is 0.160 e. The molecule has 2 aromatic rings. The van der Waals surface area contributed by atoms with Crippen LogP contribution >= 0.6 is 11.8 Å². The molecule has 3 atom stereocenters. The number of rotatable bonds is 3. The molecule has 0 spiro atoms. The van der Waals surface area contributed by atoms with Gasteiger partial charge in [-0.2, -0.15) is 0 Å². The fourth-order valence-corrected chi connectivity index (χ4v) is 4.40. The van der Waals surface area contributed by atoms with Gasteiger partial charge in [0, 0.05) is 18.0 Å². The van der Waals surface area contributed by atoms with E-state index in [1.54, 1.807) is 7.11 Å². The van der Waals surface area contributed by atoms with Gasteiger partial charge in [0.25, 0.3) is 0 Å². The zero-order valence-corrected chi connectivity index (χ0v) is 14.0. The minimum atomic E-state index is 0.0401. The van der Waals surface area contributed by atoms with Crippen LogP contribution in [0, 0.1) is 0 Å². The van der Waals surface area contributed by atoms with Crippen molar-refractivity contribution in [3.8, 4) is 5.75 Å². The summed E-state index contributed by atoms with van der Waals surface area (Å²) in [6, 6.07) is 14.6. The van der Waals surface area contributed by atoms with Gasteiger partial charge in [-0.3, -0.25) is 9.98 Å². The molecule has 3 heterocycles. The molecule has 1 aromatic carbocycles. The van der Waals surface area contributed by atoms with Crippen molar-refractivity contribution in [2.24, 2.45) is 4.99 Å². The van der Waals surface area contributed by atoms with Crippen LogP contribution in [0.3, 0.4) is 0 Å². The predicted octanol–water partition coefficient (Wildman–Crippen LogP) is 3.68. The monoisotopic (exact) mass is 325 g/mol. The van der Waals surface area contributed by atoms with Gasteiger partial charge in [-0.05, 0) is 29.8 Å². The summed E-state index contributed by atoms with van der Waals surface area (Å²) in [6.45, 7) is 3.28. The first-order valence-electron chi connectivity index (χ1n) is 7.82. The molecule has 1 fully saturated rings. The number of benzene rings is 1. The Labute approximate surface area is 140 Å². The highest BCUT2D eigenvalue weighted by molar-refractivity contribution is 8.14. The van der Waals surface area contributed by atoms with E-state index in [4.69, 9.17) is 9.73 Å². The molecular weight excluding hydrogens is 306 g/mol. The molecule has 0 aliphatic carbocycles. The van der Waals surface area contributed by atoms with Crippen molar-refractivity contribution in [2.75, 3.05) is 13.7 Å². The quantitative estimate of drug-likeness (QED) is 0.863. The van der Waals surface area contributed by atoms with E-state index in [0.717, 1.165) is 23.2 Å². The standard InChI is InChI=1S/C18H19N3OS/c1-12-11-21-17(13-6-5-7-14(10-13)22-2)16(20-18(21)23-12)15-8-3-4-9-19-15/h3-10,12,16-17H,11H2,1-2H3. The third-order valence-electron chi connectivity index (χ3n) is 4.32. The van der Waals surface area contributed by atoms with Gasteiger partial charge >= 0.3 is 0 Å². The second-order valence-corrected chi connectivity index (χ2v) is 7.32. The molecule has 118 valence electrons. The number of aliphatic imine (C=N–C) groups is 1. The lowest BCUT2D eigenvalue weighted by Gasteiger charge is -2.27. The van der Waals surface area contributed by atoms with E-state index in [2.05, 4.69) is 35.0 Å². The molecule has 23 heavy (non-hydrogen) atoms. The lowest BCUT2D eigenvalue weighted by Crippen LogP contribution is -2.28. The Balaban J connectivity index is 1.77. The Kier molecular flexibility index (Phi) is 3.73.